The van der Waals surface area contributed by atoms with Crippen molar-refractivity contribution in [3.63, 3.8) is 0 Å². The van der Waals surface area contributed by atoms with Crippen LogP contribution in [0.2, 0.25) is 5.02 Å². The maximum Gasteiger partial charge on any atom is 0.125 e. The zero-order valence-electron chi connectivity index (χ0n) is 11.9. The fraction of sp³-hybridized carbons (Fsp3) is 0.625. The van der Waals surface area contributed by atoms with Gasteiger partial charge in [-0.3, -0.25) is 0 Å². The molecular formula is C16H24ClNO. The van der Waals surface area contributed by atoms with Gasteiger partial charge in [0.25, 0.3) is 0 Å². The van der Waals surface area contributed by atoms with E-state index >= 15 is 0 Å². The van der Waals surface area contributed by atoms with E-state index in [9.17, 15) is 0 Å². The van der Waals surface area contributed by atoms with Crippen molar-refractivity contribution in [1.82, 2.24) is 0 Å². The van der Waals surface area contributed by atoms with Crippen molar-refractivity contribution in [2.45, 2.75) is 57.4 Å². The standard InChI is InChI=1S/C16H24ClNO/c1-11(18)8-13-9-14(17)10-15(16(13)19-2)12-6-4-3-5-7-12/h9-12H,3-8,18H2,1-2H3. The van der Waals surface area contributed by atoms with Crippen molar-refractivity contribution in [3.05, 3.63) is 28.3 Å². The molecule has 19 heavy (non-hydrogen) atoms. The number of ether oxygens (including phenoxy) is 1. The molecule has 0 saturated heterocycles. The zero-order valence-corrected chi connectivity index (χ0v) is 12.7. The van der Waals surface area contributed by atoms with Gasteiger partial charge >= 0.3 is 0 Å². The number of rotatable bonds is 4. The van der Waals surface area contributed by atoms with Gasteiger partial charge in [-0.15, -0.1) is 0 Å². The highest BCUT2D eigenvalue weighted by Crippen LogP contribution is 2.40. The fourth-order valence-corrected chi connectivity index (χ4v) is 3.39. The molecule has 1 aromatic rings. The molecule has 3 heteroatoms. The SMILES string of the molecule is COc1c(CC(C)N)cc(Cl)cc1C1CCCCC1. The number of hydrogen-bond acceptors (Lipinski definition) is 2. The lowest BCUT2D eigenvalue weighted by molar-refractivity contribution is 0.382. The topological polar surface area (TPSA) is 35.2 Å². The molecular weight excluding hydrogens is 258 g/mol. The summed E-state index contributed by atoms with van der Waals surface area (Å²) in [6, 6.07) is 4.20. The van der Waals surface area contributed by atoms with Crippen LogP contribution in [0.4, 0.5) is 0 Å². The van der Waals surface area contributed by atoms with Gasteiger partial charge in [0.2, 0.25) is 0 Å². The molecule has 1 unspecified atom stereocenters. The van der Waals surface area contributed by atoms with Crippen LogP contribution in [0.5, 0.6) is 5.75 Å². The number of hydrogen-bond donors (Lipinski definition) is 1. The molecule has 2 N–H and O–H groups in total. The van der Waals surface area contributed by atoms with Gasteiger partial charge in [-0.1, -0.05) is 30.9 Å². The third kappa shape index (κ3) is 3.64. The molecule has 0 aromatic heterocycles. The maximum atomic E-state index is 6.29. The van der Waals surface area contributed by atoms with Crippen molar-refractivity contribution in [2.24, 2.45) is 5.73 Å². The van der Waals surface area contributed by atoms with Crippen molar-refractivity contribution < 1.29 is 4.74 Å². The predicted octanol–water partition coefficient (Wildman–Crippen LogP) is 4.29. The van der Waals surface area contributed by atoms with Crippen LogP contribution in [-0.4, -0.2) is 13.2 Å². The van der Waals surface area contributed by atoms with Gasteiger partial charge in [0.15, 0.2) is 0 Å². The van der Waals surface area contributed by atoms with E-state index in [0.29, 0.717) is 5.92 Å². The van der Waals surface area contributed by atoms with Crippen LogP contribution in [0.15, 0.2) is 12.1 Å². The normalized spacial score (nSPS) is 18.3. The summed E-state index contributed by atoms with van der Waals surface area (Å²) in [5, 5.41) is 0.803. The average Bonchev–Trinajstić information content (AvgIpc) is 2.38. The first-order chi connectivity index (χ1) is 9.11. The van der Waals surface area contributed by atoms with E-state index in [4.69, 9.17) is 22.1 Å². The Bertz CT molecular complexity index is 425. The molecule has 106 valence electrons. The van der Waals surface area contributed by atoms with Gasteiger partial charge in [0, 0.05) is 11.1 Å². The number of benzene rings is 1. The van der Waals surface area contributed by atoms with E-state index in [2.05, 4.69) is 6.07 Å². The molecule has 1 saturated carbocycles. The number of nitrogens with two attached hydrogens (primary N) is 1. The quantitative estimate of drug-likeness (QED) is 0.894. The summed E-state index contributed by atoms with van der Waals surface area (Å²) < 4.78 is 5.67. The second kappa shape index (κ2) is 6.62. The molecule has 1 atom stereocenters. The van der Waals surface area contributed by atoms with E-state index in [-0.39, 0.29) is 6.04 Å². The van der Waals surface area contributed by atoms with E-state index in [1.54, 1.807) is 7.11 Å². The third-order valence-corrected chi connectivity index (χ3v) is 4.17. The molecule has 0 amide bonds. The molecule has 0 heterocycles. The molecule has 2 rings (SSSR count). The second-order valence-corrected chi connectivity index (χ2v) is 6.14. The Morgan fingerprint density at radius 2 is 2.00 bits per heavy atom. The Hall–Kier alpha value is -0.730. The lowest BCUT2D eigenvalue weighted by Gasteiger charge is -2.25. The molecule has 2 nitrogen and oxygen atoms in total. The monoisotopic (exact) mass is 281 g/mol. The predicted molar refractivity (Wildman–Crippen MR) is 81.2 cm³/mol. The zero-order chi connectivity index (χ0) is 13.8. The van der Waals surface area contributed by atoms with Crippen molar-refractivity contribution in [1.29, 1.82) is 0 Å². The Morgan fingerprint density at radius 1 is 1.32 bits per heavy atom. The van der Waals surface area contributed by atoms with E-state index < -0.39 is 0 Å². The van der Waals surface area contributed by atoms with Crippen molar-refractivity contribution >= 4 is 11.6 Å². The second-order valence-electron chi connectivity index (χ2n) is 5.70. The Kier molecular flexibility index (Phi) is 5.12. The summed E-state index contributed by atoms with van der Waals surface area (Å²) in [4.78, 5) is 0. The van der Waals surface area contributed by atoms with Gasteiger partial charge in [-0.05, 0) is 55.4 Å². The van der Waals surface area contributed by atoms with Crippen molar-refractivity contribution in [2.75, 3.05) is 7.11 Å². The minimum Gasteiger partial charge on any atom is -0.496 e. The van der Waals surface area contributed by atoms with E-state index in [0.717, 1.165) is 22.8 Å². The van der Waals surface area contributed by atoms with Crippen LogP contribution >= 0.6 is 11.6 Å². The molecule has 1 aliphatic rings. The van der Waals surface area contributed by atoms with Gasteiger partial charge in [0.1, 0.15) is 5.75 Å². The van der Waals surface area contributed by atoms with E-state index in [1.807, 2.05) is 13.0 Å². The van der Waals surface area contributed by atoms with Crippen LogP contribution in [0.25, 0.3) is 0 Å². The Balaban J connectivity index is 2.37. The minimum atomic E-state index is 0.117. The number of halogens is 1. The lowest BCUT2D eigenvalue weighted by Crippen LogP contribution is -2.19. The highest BCUT2D eigenvalue weighted by Gasteiger charge is 2.22. The molecule has 0 spiro atoms. The summed E-state index contributed by atoms with van der Waals surface area (Å²) in [6.45, 7) is 2.01. The Morgan fingerprint density at radius 3 is 2.58 bits per heavy atom. The van der Waals surface area contributed by atoms with Crippen LogP contribution in [0.3, 0.4) is 0 Å². The molecule has 1 fully saturated rings. The minimum absolute atomic E-state index is 0.117. The maximum absolute atomic E-state index is 6.29. The van der Waals surface area contributed by atoms with Crippen LogP contribution in [-0.2, 0) is 6.42 Å². The first-order valence-corrected chi connectivity index (χ1v) is 7.61. The first kappa shape index (κ1) is 14.7. The van der Waals surface area contributed by atoms with Crippen molar-refractivity contribution in [3.8, 4) is 5.75 Å². The smallest absolute Gasteiger partial charge is 0.125 e. The highest BCUT2D eigenvalue weighted by atomic mass is 35.5. The Labute approximate surface area is 121 Å². The molecule has 0 radical (unpaired) electrons. The lowest BCUT2D eigenvalue weighted by atomic mass is 9.82. The first-order valence-electron chi connectivity index (χ1n) is 7.23. The summed E-state index contributed by atoms with van der Waals surface area (Å²) >= 11 is 6.29. The third-order valence-electron chi connectivity index (χ3n) is 3.95. The fourth-order valence-electron chi connectivity index (χ4n) is 3.14. The summed E-state index contributed by atoms with van der Waals surface area (Å²) in [7, 11) is 1.75. The molecule has 1 aromatic carbocycles. The largest absolute Gasteiger partial charge is 0.496 e. The summed E-state index contributed by atoms with van der Waals surface area (Å²) in [5.41, 5.74) is 8.35. The molecule has 0 aliphatic heterocycles. The van der Waals surface area contributed by atoms with Gasteiger partial charge < -0.3 is 10.5 Å². The molecule has 0 bridgehead atoms. The van der Waals surface area contributed by atoms with Crippen LogP contribution < -0.4 is 10.5 Å². The number of methoxy groups -OCH3 is 1. The summed E-state index contributed by atoms with van der Waals surface area (Å²) in [5.74, 6) is 1.60. The molecule has 1 aliphatic carbocycles. The van der Waals surface area contributed by atoms with Crippen LogP contribution in [0, 0.1) is 0 Å². The van der Waals surface area contributed by atoms with Gasteiger partial charge in [0.05, 0.1) is 7.11 Å². The average molecular weight is 282 g/mol. The van der Waals surface area contributed by atoms with Crippen LogP contribution in [0.1, 0.15) is 56.1 Å². The van der Waals surface area contributed by atoms with E-state index in [1.165, 1.54) is 37.7 Å². The highest BCUT2D eigenvalue weighted by molar-refractivity contribution is 6.30. The van der Waals surface area contributed by atoms with Gasteiger partial charge in [-0.2, -0.15) is 0 Å². The van der Waals surface area contributed by atoms with Gasteiger partial charge in [-0.25, -0.2) is 0 Å². The summed E-state index contributed by atoms with van der Waals surface area (Å²) in [6.07, 6.45) is 7.27.